The number of nitro benzene ring substituents is 1. The van der Waals surface area contributed by atoms with E-state index in [1.807, 2.05) is 6.92 Å². The summed E-state index contributed by atoms with van der Waals surface area (Å²) in [6, 6.07) is 4.66. The number of rotatable bonds is 6. The van der Waals surface area contributed by atoms with E-state index in [9.17, 15) is 14.9 Å². The molecule has 0 aromatic heterocycles. The van der Waals surface area contributed by atoms with Gasteiger partial charge in [-0.05, 0) is 18.6 Å². The molecule has 0 spiro atoms. The summed E-state index contributed by atoms with van der Waals surface area (Å²) in [5, 5.41) is 13.7. The third-order valence-corrected chi connectivity index (χ3v) is 2.59. The molecule has 0 radical (unpaired) electrons. The second kappa shape index (κ2) is 6.58. The minimum absolute atomic E-state index is 0.0459. The molecular weight excluding hydrogens is 248 g/mol. The van der Waals surface area contributed by atoms with Crippen LogP contribution in [0.15, 0.2) is 18.2 Å². The van der Waals surface area contributed by atoms with Crippen molar-refractivity contribution < 1.29 is 9.72 Å². The lowest BCUT2D eigenvalue weighted by Gasteiger charge is -2.19. The van der Waals surface area contributed by atoms with E-state index in [-0.39, 0.29) is 23.8 Å². The molecule has 7 nitrogen and oxygen atoms in total. The van der Waals surface area contributed by atoms with Gasteiger partial charge in [0.2, 0.25) is 5.91 Å². The zero-order valence-corrected chi connectivity index (χ0v) is 11.0. The minimum Gasteiger partial charge on any atom is -0.393 e. The van der Waals surface area contributed by atoms with Gasteiger partial charge in [0.05, 0.1) is 11.5 Å². The zero-order chi connectivity index (χ0) is 14.4. The molecule has 0 unspecified atom stereocenters. The second-order valence-corrected chi connectivity index (χ2v) is 4.18. The Balaban J connectivity index is 2.88. The largest absolute Gasteiger partial charge is 0.393 e. The molecule has 0 fully saturated rings. The number of nitrogens with zero attached hydrogens (tertiary/aromatic N) is 2. The predicted octanol–water partition coefficient (Wildman–Crippen LogP) is 1.14. The first-order valence-electron chi connectivity index (χ1n) is 5.98. The first kappa shape index (κ1) is 14.7. The van der Waals surface area contributed by atoms with Crippen molar-refractivity contribution in [2.45, 2.75) is 13.3 Å². The van der Waals surface area contributed by atoms with E-state index in [0.717, 1.165) is 6.42 Å². The molecule has 1 aromatic rings. The number of nitrogen functional groups attached to an aromatic ring is 1. The van der Waals surface area contributed by atoms with Gasteiger partial charge in [-0.1, -0.05) is 13.0 Å². The van der Waals surface area contributed by atoms with Crippen molar-refractivity contribution in [3.63, 3.8) is 0 Å². The van der Waals surface area contributed by atoms with Crippen LogP contribution in [0.3, 0.4) is 0 Å². The summed E-state index contributed by atoms with van der Waals surface area (Å²) in [6.45, 7) is 2.59. The van der Waals surface area contributed by atoms with Gasteiger partial charge in [0.25, 0.3) is 0 Å². The van der Waals surface area contributed by atoms with Crippen LogP contribution in [0.25, 0.3) is 0 Å². The van der Waals surface area contributed by atoms with Gasteiger partial charge in [-0.3, -0.25) is 14.9 Å². The van der Waals surface area contributed by atoms with E-state index >= 15 is 0 Å². The summed E-state index contributed by atoms with van der Waals surface area (Å²) in [6.07, 6.45) is 0.841. The molecule has 0 saturated heterocycles. The number of carbonyl (C=O) groups excluding carboxylic acids is 1. The van der Waals surface area contributed by atoms with Crippen LogP contribution < -0.4 is 16.0 Å². The van der Waals surface area contributed by atoms with Crippen LogP contribution in [0.2, 0.25) is 0 Å². The second-order valence-electron chi connectivity index (χ2n) is 4.18. The van der Waals surface area contributed by atoms with E-state index < -0.39 is 4.92 Å². The molecule has 0 atom stereocenters. The van der Waals surface area contributed by atoms with Crippen molar-refractivity contribution in [3.8, 4) is 0 Å². The number of anilines is 2. The van der Waals surface area contributed by atoms with Crippen molar-refractivity contribution in [1.29, 1.82) is 0 Å². The number of nitro groups is 1. The summed E-state index contributed by atoms with van der Waals surface area (Å²) in [5.41, 5.74) is 5.85. The average molecular weight is 266 g/mol. The van der Waals surface area contributed by atoms with Crippen LogP contribution in [0, 0.1) is 10.1 Å². The summed E-state index contributed by atoms with van der Waals surface area (Å²) >= 11 is 0. The summed E-state index contributed by atoms with van der Waals surface area (Å²) in [4.78, 5) is 23.6. The fraction of sp³-hybridized carbons (Fsp3) is 0.417. The number of nitrogens with one attached hydrogen (secondary N) is 1. The SMILES string of the molecule is CCCNC(=O)CN(C)c1cccc(N)c1[N+](=O)[O-]. The molecule has 0 aliphatic rings. The van der Waals surface area contributed by atoms with E-state index in [2.05, 4.69) is 5.32 Å². The molecule has 3 N–H and O–H groups in total. The van der Waals surface area contributed by atoms with Crippen molar-refractivity contribution in [1.82, 2.24) is 5.32 Å². The standard InChI is InChI=1S/C12H18N4O3/c1-3-7-14-11(17)8-15(2)10-6-4-5-9(13)12(10)16(18)19/h4-6H,3,7-8,13H2,1-2H3,(H,14,17). The normalized spacial score (nSPS) is 10.0. The van der Waals surface area contributed by atoms with Crippen LogP contribution >= 0.6 is 0 Å². The Morgan fingerprint density at radius 2 is 2.21 bits per heavy atom. The van der Waals surface area contributed by atoms with Gasteiger partial charge < -0.3 is 16.0 Å². The van der Waals surface area contributed by atoms with Crippen LogP contribution in [0.5, 0.6) is 0 Å². The molecule has 19 heavy (non-hydrogen) atoms. The maximum atomic E-state index is 11.6. The molecule has 1 rings (SSSR count). The van der Waals surface area contributed by atoms with Gasteiger partial charge >= 0.3 is 5.69 Å². The maximum absolute atomic E-state index is 11.6. The molecule has 0 saturated carbocycles. The van der Waals surface area contributed by atoms with Crippen LogP contribution in [-0.4, -0.2) is 31.0 Å². The summed E-state index contributed by atoms with van der Waals surface area (Å²) in [5.74, 6) is -0.180. The van der Waals surface area contributed by atoms with Crippen molar-refractivity contribution >= 4 is 23.0 Å². The predicted molar refractivity (Wildman–Crippen MR) is 74.1 cm³/mol. The monoisotopic (exact) mass is 266 g/mol. The Labute approximate surface area is 111 Å². The smallest absolute Gasteiger partial charge is 0.315 e. The van der Waals surface area contributed by atoms with Crippen LogP contribution in [0.1, 0.15) is 13.3 Å². The molecular formula is C12H18N4O3. The first-order valence-corrected chi connectivity index (χ1v) is 5.98. The number of hydrogen-bond acceptors (Lipinski definition) is 5. The van der Waals surface area contributed by atoms with E-state index in [4.69, 9.17) is 5.73 Å². The molecule has 1 amide bonds. The number of amides is 1. The van der Waals surface area contributed by atoms with Crippen molar-refractivity contribution in [2.24, 2.45) is 0 Å². The Bertz CT molecular complexity index is 476. The quantitative estimate of drug-likeness (QED) is 0.456. The average Bonchev–Trinajstić information content (AvgIpc) is 2.35. The number of likely N-dealkylation sites (N-methyl/N-ethyl adjacent to an activating group) is 1. The van der Waals surface area contributed by atoms with Crippen LogP contribution in [0.4, 0.5) is 17.1 Å². The van der Waals surface area contributed by atoms with E-state index in [0.29, 0.717) is 12.2 Å². The third kappa shape index (κ3) is 3.84. The molecule has 0 heterocycles. The van der Waals surface area contributed by atoms with Gasteiger partial charge in [0.15, 0.2) is 0 Å². The highest BCUT2D eigenvalue weighted by molar-refractivity contribution is 5.84. The summed E-state index contributed by atoms with van der Waals surface area (Å²) < 4.78 is 0. The zero-order valence-electron chi connectivity index (χ0n) is 11.0. The summed E-state index contributed by atoms with van der Waals surface area (Å²) in [7, 11) is 1.62. The Kier molecular flexibility index (Phi) is 5.11. The maximum Gasteiger partial charge on any atom is 0.315 e. The molecule has 1 aromatic carbocycles. The number of benzene rings is 1. The third-order valence-electron chi connectivity index (χ3n) is 2.59. The first-order chi connectivity index (χ1) is 8.97. The molecule has 104 valence electrons. The molecule has 0 aliphatic heterocycles. The van der Waals surface area contributed by atoms with Gasteiger partial charge in [-0.2, -0.15) is 0 Å². The van der Waals surface area contributed by atoms with Gasteiger partial charge in [-0.15, -0.1) is 0 Å². The number of para-hydroxylation sites is 1. The highest BCUT2D eigenvalue weighted by atomic mass is 16.6. The van der Waals surface area contributed by atoms with Crippen LogP contribution in [-0.2, 0) is 4.79 Å². The highest BCUT2D eigenvalue weighted by Gasteiger charge is 2.21. The Morgan fingerprint density at radius 1 is 1.53 bits per heavy atom. The topological polar surface area (TPSA) is 102 Å². The molecule has 7 heteroatoms. The Hall–Kier alpha value is -2.31. The highest BCUT2D eigenvalue weighted by Crippen LogP contribution is 2.32. The lowest BCUT2D eigenvalue weighted by Crippen LogP contribution is -2.35. The van der Waals surface area contributed by atoms with Gasteiger partial charge in [0, 0.05) is 13.6 Å². The molecule has 0 bridgehead atoms. The van der Waals surface area contributed by atoms with E-state index in [1.54, 1.807) is 19.2 Å². The van der Waals surface area contributed by atoms with Crippen molar-refractivity contribution in [3.05, 3.63) is 28.3 Å². The molecule has 0 aliphatic carbocycles. The van der Waals surface area contributed by atoms with Gasteiger partial charge in [-0.25, -0.2) is 0 Å². The van der Waals surface area contributed by atoms with Gasteiger partial charge in [0.1, 0.15) is 11.4 Å². The fourth-order valence-corrected chi connectivity index (χ4v) is 1.68. The van der Waals surface area contributed by atoms with E-state index in [1.165, 1.54) is 11.0 Å². The van der Waals surface area contributed by atoms with Crippen molar-refractivity contribution in [2.75, 3.05) is 30.8 Å². The number of nitrogens with two attached hydrogens (primary N) is 1. The number of hydrogen-bond donors (Lipinski definition) is 2. The fourth-order valence-electron chi connectivity index (χ4n) is 1.68. The lowest BCUT2D eigenvalue weighted by atomic mass is 10.2. The minimum atomic E-state index is -0.537. The Morgan fingerprint density at radius 3 is 2.79 bits per heavy atom. The number of carbonyl (C=O) groups is 1. The lowest BCUT2D eigenvalue weighted by molar-refractivity contribution is -0.383.